The van der Waals surface area contributed by atoms with Crippen LogP contribution in [0.1, 0.15) is 123 Å². The van der Waals surface area contributed by atoms with Crippen LogP contribution in [0.5, 0.6) is 0 Å². The van der Waals surface area contributed by atoms with E-state index in [1.165, 1.54) is 19.3 Å². The summed E-state index contributed by atoms with van der Waals surface area (Å²) in [6.45, 7) is 29.3. The molecule has 0 aromatic heterocycles. The third kappa shape index (κ3) is 116. The molecule has 0 atom stereocenters. The van der Waals surface area contributed by atoms with Gasteiger partial charge in [-0.15, -0.1) is 0 Å². The van der Waals surface area contributed by atoms with Gasteiger partial charge in [-0.1, -0.05) is 128 Å². The molecule has 0 saturated heterocycles. The molecule has 0 nitrogen and oxygen atoms in total. The molecule has 0 aliphatic heterocycles. The Kier molecular flexibility index (Phi) is 101. The summed E-state index contributed by atoms with van der Waals surface area (Å²) in [5.74, 6) is 1.62. The van der Waals surface area contributed by atoms with Gasteiger partial charge in [-0.3, -0.25) is 0 Å². The zero-order chi connectivity index (χ0) is 19.4. The van der Waals surface area contributed by atoms with Crippen molar-refractivity contribution in [2.75, 3.05) is 0 Å². The molecule has 0 aliphatic rings. The van der Waals surface area contributed by atoms with Gasteiger partial charge in [0.05, 0.1) is 0 Å². The van der Waals surface area contributed by atoms with E-state index in [1.807, 2.05) is 55.4 Å². The van der Waals surface area contributed by atoms with Gasteiger partial charge < -0.3 is 0 Å². The van der Waals surface area contributed by atoms with E-state index < -0.39 is 0 Å². The number of allylic oxidation sites excluding steroid dienone is 2. The minimum absolute atomic E-state index is 0.722. The minimum Gasteiger partial charge on any atom is -0.0886 e. The smallest absolute Gasteiger partial charge is 0.0290 e. The van der Waals surface area contributed by atoms with Gasteiger partial charge in [-0.05, 0) is 18.3 Å². The van der Waals surface area contributed by atoms with Crippen LogP contribution < -0.4 is 0 Å². The molecule has 0 heteroatoms. The summed E-state index contributed by atoms with van der Waals surface area (Å²) in [6.07, 6.45) is 9.73. The van der Waals surface area contributed by atoms with Gasteiger partial charge in [-0.2, -0.15) is 0 Å². The van der Waals surface area contributed by atoms with Crippen LogP contribution in [-0.2, 0) is 0 Å². The van der Waals surface area contributed by atoms with Crippen LogP contribution >= 0.6 is 0 Å². The summed E-state index contributed by atoms with van der Waals surface area (Å²) < 4.78 is 0. The quantitative estimate of drug-likeness (QED) is 0.442. The van der Waals surface area contributed by atoms with Crippen LogP contribution in [0.4, 0.5) is 0 Å². The Bertz CT molecular complexity index is 109. The second kappa shape index (κ2) is 58.6. The van der Waals surface area contributed by atoms with Gasteiger partial charge in [-0.25, -0.2) is 0 Å². The molecular weight excluding hydrogens is 264 g/mol. The summed E-state index contributed by atoms with van der Waals surface area (Å²) in [7, 11) is 0. The summed E-state index contributed by atoms with van der Waals surface area (Å²) >= 11 is 0. The SMILES string of the molecule is CC.CC.CC.CC.CC/C=C\C(C)C.CCCCC(C)C. The standard InChI is InChI=1S/C7H16.C7H14.4C2H6/c2*1-4-5-6-7(2)3;4*1-2/h7H,4-6H2,1-3H3;5-7H,4H2,1-3H3;4*1-2H3/b;6-5-;;;;. The summed E-state index contributed by atoms with van der Waals surface area (Å²) in [6, 6.07) is 0. The molecule has 0 bridgehead atoms. The Morgan fingerprint density at radius 2 is 1.05 bits per heavy atom. The maximum Gasteiger partial charge on any atom is -0.0290 e. The fourth-order valence-corrected chi connectivity index (χ4v) is 1.02. The monoisotopic (exact) mass is 318 g/mol. The van der Waals surface area contributed by atoms with Crippen molar-refractivity contribution in [1.82, 2.24) is 0 Å². The molecule has 0 aromatic carbocycles. The van der Waals surface area contributed by atoms with Crippen molar-refractivity contribution in [3.63, 3.8) is 0 Å². The molecule has 22 heavy (non-hydrogen) atoms. The second-order valence-electron chi connectivity index (χ2n) is 4.62. The topological polar surface area (TPSA) is 0 Å². The Labute approximate surface area is 147 Å². The van der Waals surface area contributed by atoms with E-state index in [0.29, 0.717) is 0 Å². The van der Waals surface area contributed by atoms with Crippen molar-refractivity contribution in [1.29, 1.82) is 0 Å². The Morgan fingerprint density at radius 1 is 0.682 bits per heavy atom. The van der Waals surface area contributed by atoms with Crippen molar-refractivity contribution in [3.05, 3.63) is 12.2 Å². The van der Waals surface area contributed by atoms with E-state index in [9.17, 15) is 0 Å². The van der Waals surface area contributed by atoms with Gasteiger partial charge in [0.1, 0.15) is 0 Å². The number of hydrogen-bond acceptors (Lipinski definition) is 0. The van der Waals surface area contributed by atoms with Gasteiger partial charge in [0.2, 0.25) is 0 Å². The fourth-order valence-electron chi connectivity index (χ4n) is 1.02. The van der Waals surface area contributed by atoms with E-state index in [0.717, 1.165) is 18.3 Å². The lowest BCUT2D eigenvalue weighted by Gasteiger charge is -1.98. The van der Waals surface area contributed by atoms with Crippen LogP contribution in [0.3, 0.4) is 0 Å². The predicted molar refractivity (Wildman–Crippen MR) is 114 cm³/mol. The highest BCUT2D eigenvalue weighted by Crippen LogP contribution is 2.04. The van der Waals surface area contributed by atoms with Crippen molar-refractivity contribution in [2.45, 2.75) is 123 Å². The van der Waals surface area contributed by atoms with Crippen LogP contribution in [0.2, 0.25) is 0 Å². The Balaban J connectivity index is -0.0000000400. The highest BCUT2D eigenvalue weighted by molar-refractivity contribution is 4.82. The van der Waals surface area contributed by atoms with Gasteiger partial charge in [0, 0.05) is 0 Å². The second-order valence-corrected chi connectivity index (χ2v) is 4.62. The third-order valence-corrected chi connectivity index (χ3v) is 1.89. The Hall–Kier alpha value is -0.260. The fraction of sp³-hybridized carbons (Fsp3) is 0.909. The van der Waals surface area contributed by atoms with Crippen LogP contribution in [0, 0.1) is 11.8 Å². The van der Waals surface area contributed by atoms with Gasteiger partial charge in [0.15, 0.2) is 0 Å². The Morgan fingerprint density at radius 3 is 1.14 bits per heavy atom. The average molecular weight is 319 g/mol. The van der Waals surface area contributed by atoms with Gasteiger partial charge >= 0.3 is 0 Å². The molecule has 0 aromatic rings. The molecule has 0 amide bonds. The largest absolute Gasteiger partial charge is 0.0886 e. The normalized spacial score (nSPS) is 8.00. The summed E-state index contributed by atoms with van der Waals surface area (Å²) in [5.41, 5.74) is 0. The maximum atomic E-state index is 2.27. The molecular formula is C22H54. The molecule has 0 fully saturated rings. The van der Waals surface area contributed by atoms with E-state index in [1.54, 1.807) is 0 Å². The van der Waals surface area contributed by atoms with E-state index in [2.05, 4.69) is 53.7 Å². The third-order valence-electron chi connectivity index (χ3n) is 1.89. The first-order chi connectivity index (χ1) is 10.5. The molecule has 0 radical (unpaired) electrons. The van der Waals surface area contributed by atoms with E-state index in [-0.39, 0.29) is 0 Å². The first kappa shape index (κ1) is 37.7. The minimum atomic E-state index is 0.722. The first-order valence-electron chi connectivity index (χ1n) is 10.2. The number of rotatable bonds is 5. The highest BCUT2D eigenvalue weighted by Gasteiger charge is 1.88. The van der Waals surface area contributed by atoms with Crippen LogP contribution in [-0.4, -0.2) is 0 Å². The molecule has 0 saturated carbocycles. The maximum absolute atomic E-state index is 2.27. The lowest BCUT2D eigenvalue weighted by atomic mass is 10.1. The van der Waals surface area contributed by atoms with Crippen molar-refractivity contribution in [2.24, 2.45) is 11.8 Å². The van der Waals surface area contributed by atoms with Crippen molar-refractivity contribution in [3.8, 4) is 0 Å². The van der Waals surface area contributed by atoms with Crippen LogP contribution in [0.25, 0.3) is 0 Å². The molecule has 0 unspecified atom stereocenters. The zero-order valence-electron chi connectivity index (χ0n) is 19.1. The van der Waals surface area contributed by atoms with Crippen LogP contribution in [0.15, 0.2) is 12.2 Å². The average Bonchev–Trinajstić information content (AvgIpc) is 2.58. The first-order valence-corrected chi connectivity index (χ1v) is 10.2. The lowest BCUT2D eigenvalue weighted by molar-refractivity contribution is 0.550. The molecule has 142 valence electrons. The van der Waals surface area contributed by atoms with E-state index in [4.69, 9.17) is 0 Å². The number of unbranched alkanes of at least 4 members (excludes halogenated alkanes) is 1. The number of hydrogen-bond donors (Lipinski definition) is 0. The van der Waals surface area contributed by atoms with Crippen molar-refractivity contribution >= 4 is 0 Å². The van der Waals surface area contributed by atoms with Gasteiger partial charge in [0.25, 0.3) is 0 Å². The highest BCUT2D eigenvalue weighted by atomic mass is 13.9. The summed E-state index contributed by atoms with van der Waals surface area (Å²) in [4.78, 5) is 0. The molecule has 0 heterocycles. The van der Waals surface area contributed by atoms with E-state index >= 15 is 0 Å². The lowest BCUT2D eigenvalue weighted by Crippen LogP contribution is -1.83. The molecule has 0 rings (SSSR count). The summed E-state index contributed by atoms with van der Waals surface area (Å²) in [5, 5.41) is 0. The zero-order valence-corrected chi connectivity index (χ0v) is 19.1. The molecule has 0 spiro atoms. The molecule has 0 N–H and O–H groups in total. The van der Waals surface area contributed by atoms with Crippen molar-refractivity contribution < 1.29 is 0 Å². The predicted octanol–water partition coefficient (Wildman–Crippen LogP) is 9.55. The molecule has 0 aliphatic carbocycles.